The van der Waals surface area contributed by atoms with Gasteiger partial charge in [0.2, 0.25) is 11.8 Å². The number of anilines is 2. The first kappa shape index (κ1) is 18.2. The van der Waals surface area contributed by atoms with Crippen molar-refractivity contribution in [3.8, 4) is 5.75 Å². The van der Waals surface area contributed by atoms with Gasteiger partial charge in [-0.2, -0.15) is 0 Å². The fraction of sp³-hybridized carbons (Fsp3) is 0.150. The van der Waals surface area contributed by atoms with Crippen LogP contribution >= 0.6 is 0 Å². The number of carbonyl (C=O) groups excluding carboxylic acids is 3. The summed E-state index contributed by atoms with van der Waals surface area (Å²) in [7, 11) is 1.54. The van der Waals surface area contributed by atoms with Gasteiger partial charge in [-0.15, -0.1) is 0 Å². The minimum atomic E-state index is -0.347. The van der Waals surface area contributed by atoms with E-state index in [4.69, 9.17) is 4.74 Å². The molecule has 138 valence electrons. The quantitative estimate of drug-likeness (QED) is 0.740. The van der Waals surface area contributed by atoms with Crippen molar-refractivity contribution < 1.29 is 19.1 Å². The molecular formula is C20H19N3O4. The van der Waals surface area contributed by atoms with Crippen LogP contribution in [-0.2, 0) is 4.79 Å². The van der Waals surface area contributed by atoms with E-state index in [0.717, 1.165) is 0 Å². The molecule has 3 rings (SSSR count). The average Bonchev–Trinajstić information content (AvgIpc) is 3.02. The third-order valence-corrected chi connectivity index (χ3v) is 4.06. The van der Waals surface area contributed by atoms with E-state index in [-0.39, 0.29) is 17.7 Å². The van der Waals surface area contributed by atoms with Crippen LogP contribution in [0.25, 0.3) is 10.9 Å². The molecule has 0 aliphatic rings. The van der Waals surface area contributed by atoms with Gasteiger partial charge in [-0.1, -0.05) is 0 Å². The molecule has 0 unspecified atom stereocenters. The summed E-state index contributed by atoms with van der Waals surface area (Å²) in [6.07, 6.45) is 1.52. The van der Waals surface area contributed by atoms with Crippen molar-refractivity contribution in [1.29, 1.82) is 0 Å². The predicted molar refractivity (Wildman–Crippen MR) is 103 cm³/mol. The molecule has 0 aliphatic heterocycles. The van der Waals surface area contributed by atoms with Gasteiger partial charge in [0.05, 0.1) is 18.2 Å². The zero-order chi connectivity index (χ0) is 19.6. The van der Waals surface area contributed by atoms with Crippen molar-refractivity contribution in [3.63, 3.8) is 0 Å². The maximum Gasteiger partial charge on any atom is 0.257 e. The predicted octanol–water partition coefficient (Wildman–Crippen LogP) is 3.52. The molecular weight excluding hydrogens is 346 g/mol. The van der Waals surface area contributed by atoms with Crippen molar-refractivity contribution >= 4 is 40.0 Å². The lowest BCUT2D eigenvalue weighted by molar-refractivity contribution is -0.114. The number of nitrogens with one attached hydrogen (secondary N) is 2. The second-order valence-corrected chi connectivity index (χ2v) is 6.03. The van der Waals surface area contributed by atoms with E-state index in [1.165, 1.54) is 24.6 Å². The van der Waals surface area contributed by atoms with Crippen molar-refractivity contribution in [1.82, 2.24) is 4.57 Å². The molecule has 0 saturated heterocycles. The Hall–Kier alpha value is -3.61. The van der Waals surface area contributed by atoms with E-state index < -0.39 is 0 Å². The molecule has 0 bridgehead atoms. The Kier molecular flexibility index (Phi) is 4.94. The fourth-order valence-corrected chi connectivity index (χ4v) is 2.82. The van der Waals surface area contributed by atoms with Gasteiger partial charge in [-0.25, -0.2) is 0 Å². The van der Waals surface area contributed by atoms with Gasteiger partial charge in [0.15, 0.2) is 0 Å². The molecule has 7 nitrogen and oxygen atoms in total. The second-order valence-electron chi connectivity index (χ2n) is 6.03. The number of hydrogen-bond donors (Lipinski definition) is 2. The highest BCUT2D eigenvalue weighted by Gasteiger charge is 2.18. The highest BCUT2D eigenvalue weighted by Crippen LogP contribution is 2.27. The third-order valence-electron chi connectivity index (χ3n) is 4.06. The number of fused-ring (bicyclic) bond motifs is 1. The molecule has 2 N–H and O–H groups in total. The van der Waals surface area contributed by atoms with Crippen LogP contribution in [0.4, 0.5) is 11.4 Å². The maximum absolute atomic E-state index is 12.8. The molecule has 0 saturated carbocycles. The molecule has 0 spiro atoms. The number of hydrogen-bond acceptors (Lipinski definition) is 4. The van der Waals surface area contributed by atoms with Crippen LogP contribution in [0.1, 0.15) is 29.0 Å². The van der Waals surface area contributed by atoms with Crippen molar-refractivity contribution in [3.05, 3.63) is 54.2 Å². The highest BCUT2D eigenvalue weighted by atomic mass is 16.5. The van der Waals surface area contributed by atoms with E-state index in [9.17, 15) is 14.4 Å². The normalized spacial score (nSPS) is 10.5. The van der Waals surface area contributed by atoms with Gasteiger partial charge in [-0.3, -0.25) is 19.0 Å². The van der Waals surface area contributed by atoms with Crippen LogP contribution in [0.15, 0.2) is 48.7 Å². The van der Waals surface area contributed by atoms with Crippen LogP contribution in [0.5, 0.6) is 5.75 Å². The number of carbonyl (C=O) groups is 3. The highest BCUT2D eigenvalue weighted by molar-refractivity contribution is 6.14. The molecule has 0 atom stereocenters. The maximum atomic E-state index is 12.8. The summed E-state index contributed by atoms with van der Waals surface area (Å²) in [5.41, 5.74) is 2.21. The van der Waals surface area contributed by atoms with Crippen LogP contribution in [0.2, 0.25) is 0 Å². The standard InChI is InChI=1S/C20H19N3O4/c1-12(24)21-14-4-6-15(7-5-14)22-20(26)18-11-23(13(2)25)19-9-8-16(27-3)10-17(18)19/h4-11H,1-3H3,(H,21,24)(H,22,26). The topological polar surface area (TPSA) is 89.4 Å². The smallest absolute Gasteiger partial charge is 0.257 e. The first-order chi connectivity index (χ1) is 12.9. The Morgan fingerprint density at radius 3 is 2.11 bits per heavy atom. The monoisotopic (exact) mass is 365 g/mol. The minimum absolute atomic E-state index is 0.169. The number of rotatable bonds is 4. The van der Waals surface area contributed by atoms with E-state index in [1.807, 2.05) is 0 Å². The summed E-state index contributed by atoms with van der Waals surface area (Å²) in [5.74, 6) is -0.111. The summed E-state index contributed by atoms with van der Waals surface area (Å²) in [6.45, 7) is 2.86. The summed E-state index contributed by atoms with van der Waals surface area (Å²) < 4.78 is 6.66. The summed E-state index contributed by atoms with van der Waals surface area (Å²) >= 11 is 0. The van der Waals surface area contributed by atoms with Gasteiger partial charge in [0.1, 0.15) is 5.75 Å². The number of nitrogens with zero attached hydrogens (tertiary/aromatic N) is 1. The summed E-state index contributed by atoms with van der Waals surface area (Å²) in [5, 5.41) is 6.09. The number of aromatic nitrogens is 1. The number of amides is 2. The van der Waals surface area contributed by atoms with Crippen LogP contribution in [0, 0.1) is 0 Å². The number of methoxy groups -OCH3 is 1. The van der Waals surface area contributed by atoms with Gasteiger partial charge in [0.25, 0.3) is 5.91 Å². The zero-order valence-electron chi connectivity index (χ0n) is 15.2. The average molecular weight is 365 g/mol. The molecule has 2 amide bonds. The Morgan fingerprint density at radius 1 is 0.926 bits per heavy atom. The van der Waals surface area contributed by atoms with E-state index in [2.05, 4.69) is 10.6 Å². The third kappa shape index (κ3) is 3.82. The van der Waals surface area contributed by atoms with E-state index in [0.29, 0.717) is 33.6 Å². The Labute approximate surface area is 155 Å². The Bertz CT molecular complexity index is 1040. The minimum Gasteiger partial charge on any atom is -0.497 e. The Morgan fingerprint density at radius 2 is 1.56 bits per heavy atom. The van der Waals surface area contributed by atoms with Crippen LogP contribution in [-0.4, -0.2) is 29.4 Å². The Balaban J connectivity index is 1.93. The molecule has 1 aromatic heterocycles. The second kappa shape index (κ2) is 7.33. The van der Waals surface area contributed by atoms with Gasteiger partial charge >= 0.3 is 0 Å². The number of ether oxygens (including phenoxy) is 1. The summed E-state index contributed by atoms with van der Waals surface area (Å²) in [6, 6.07) is 12.0. The lowest BCUT2D eigenvalue weighted by Gasteiger charge is -2.07. The lowest BCUT2D eigenvalue weighted by atomic mass is 10.1. The molecule has 0 fully saturated rings. The van der Waals surface area contributed by atoms with Crippen molar-refractivity contribution in [2.75, 3.05) is 17.7 Å². The molecule has 0 radical (unpaired) electrons. The summed E-state index contributed by atoms with van der Waals surface area (Å²) in [4.78, 5) is 35.8. The van der Waals surface area contributed by atoms with E-state index >= 15 is 0 Å². The SMILES string of the molecule is COc1ccc2c(c1)c(C(=O)Nc1ccc(NC(C)=O)cc1)cn2C(C)=O. The van der Waals surface area contributed by atoms with Gasteiger partial charge in [0, 0.05) is 36.8 Å². The van der Waals surface area contributed by atoms with Crippen LogP contribution in [0.3, 0.4) is 0 Å². The molecule has 3 aromatic rings. The zero-order valence-corrected chi connectivity index (χ0v) is 15.2. The molecule has 27 heavy (non-hydrogen) atoms. The molecule has 2 aromatic carbocycles. The number of benzene rings is 2. The fourth-order valence-electron chi connectivity index (χ4n) is 2.82. The lowest BCUT2D eigenvalue weighted by Crippen LogP contribution is -2.12. The molecule has 0 aliphatic carbocycles. The van der Waals surface area contributed by atoms with Gasteiger partial charge < -0.3 is 15.4 Å². The van der Waals surface area contributed by atoms with Gasteiger partial charge in [-0.05, 0) is 42.5 Å². The van der Waals surface area contributed by atoms with Crippen molar-refractivity contribution in [2.24, 2.45) is 0 Å². The first-order valence-electron chi connectivity index (χ1n) is 8.28. The van der Waals surface area contributed by atoms with Crippen LogP contribution < -0.4 is 15.4 Å². The van der Waals surface area contributed by atoms with E-state index in [1.54, 1.807) is 49.6 Å². The van der Waals surface area contributed by atoms with Crippen molar-refractivity contribution in [2.45, 2.75) is 13.8 Å². The first-order valence-corrected chi connectivity index (χ1v) is 8.28. The molecule has 1 heterocycles. The molecule has 7 heteroatoms. The largest absolute Gasteiger partial charge is 0.497 e.